The lowest BCUT2D eigenvalue weighted by atomic mass is 10.2. The highest BCUT2D eigenvalue weighted by Gasteiger charge is 2.05. The summed E-state index contributed by atoms with van der Waals surface area (Å²) in [6, 6.07) is 19.1. The molecule has 0 bridgehead atoms. The third kappa shape index (κ3) is 2.05. The Morgan fingerprint density at radius 3 is 1.47 bits per heavy atom. The molecule has 0 aliphatic heterocycles. The molecule has 0 N–H and O–H groups in total. The number of rotatable bonds is 3. The fraction of sp³-hybridized carbons (Fsp3) is 0. The van der Waals surface area contributed by atoms with Crippen molar-refractivity contribution in [1.82, 2.24) is 0 Å². The smallest absolute Gasteiger partial charge is 0.218 e. The van der Waals surface area contributed by atoms with E-state index in [4.69, 9.17) is 0 Å². The summed E-state index contributed by atoms with van der Waals surface area (Å²) in [6.45, 7) is 0. The average Bonchev–Trinajstić information content (AvgIpc) is 2.33. The summed E-state index contributed by atoms with van der Waals surface area (Å²) in [5, 5.41) is 0. The van der Waals surface area contributed by atoms with Crippen molar-refractivity contribution < 1.29 is 4.79 Å². The number of benzene rings is 2. The third-order valence-corrected chi connectivity index (χ3v) is 2.17. The highest BCUT2D eigenvalue weighted by Crippen LogP contribution is 2.22. The molecule has 0 atom stereocenters. The molecule has 1 amide bonds. The van der Waals surface area contributed by atoms with Gasteiger partial charge in [0.05, 0.1) is 0 Å². The summed E-state index contributed by atoms with van der Waals surface area (Å²) in [6.07, 6.45) is 0.824. The van der Waals surface area contributed by atoms with Crippen LogP contribution in [0.1, 0.15) is 0 Å². The quantitative estimate of drug-likeness (QED) is 0.693. The van der Waals surface area contributed by atoms with Crippen molar-refractivity contribution in [2.24, 2.45) is 0 Å². The van der Waals surface area contributed by atoms with Gasteiger partial charge in [0.1, 0.15) is 0 Å². The Morgan fingerprint density at radius 2 is 1.13 bits per heavy atom. The van der Waals surface area contributed by atoms with Gasteiger partial charge in [0.15, 0.2) is 0 Å². The second-order valence-corrected chi connectivity index (χ2v) is 3.15. The van der Waals surface area contributed by atoms with E-state index in [9.17, 15) is 4.79 Å². The van der Waals surface area contributed by atoms with E-state index < -0.39 is 0 Å². The predicted octanol–water partition coefficient (Wildman–Crippen LogP) is 2.98. The van der Waals surface area contributed by atoms with Crippen LogP contribution in [-0.4, -0.2) is 6.41 Å². The van der Waals surface area contributed by atoms with Gasteiger partial charge >= 0.3 is 0 Å². The number of hydrogen-bond acceptors (Lipinski definition) is 1. The van der Waals surface area contributed by atoms with Crippen LogP contribution < -0.4 is 4.90 Å². The maximum atomic E-state index is 11.0. The van der Waals surface area contributed by atoms with E-state index in [-0.39, 0.29) is 0 Å². The number of carbonyl (C=O) groups excluding carboxylic acids is 1. The number of carbonyl (C=O) groups is 1. The summed E-state index contributed by atoms with van der Waals surface area (Å²) in [4.78, 5) is 12.6. The van der Waals surface area contributed by atoms with Gasteiger partial charge in [0, 0.05) is 11.4 Å². The fourth-order valence-electron chi connectivity index (χ4n) is 1.45. The van der Waals surface area contributed by atoms with Gasteiger partial charge in [0.25, 0.3) is 0 Å². The minimum absolute atomic E-state index is 0.824. The SMILES string of the molecule is O=CN(c1ccccc1)c1ccccc1. The molecule has 0 spiro atoms. The molecular formula is C13H11NO. The zero-order chi connectivity index (χ0) is 10.5. The Balaban J connectivity index is 2.38. The van der Waals surface area contributed by atoms with Crippen molar-refractivity contribution in [1.29, 1.82) is 0 Å². The van der Waals surface area contributed by atoms with Crippen molar-refractivity contribution in [3.63, 3.8) is 0 Å². The van der Waals surface area contributed by atoms with Crippen molar-refractivity contribution in [2.45, 2.75) is 0 Å². The van der Waals surface area contributed by atoms with Gasteiger partial charge in [-0.05, 0) is 24.3 Å². The van der Waals surface area contributed by atoms with Crippen molar-refractivity contribution in [3.05, 3.63) is 60.7 Å². The molecule has 2 aromatic carbocycles. The molecule has 15 heavy (non-hydrogen) atoms. The third-order valence-electron chi connectivity index (χ3n) is 2.17. The van der Waals surface area contributed by atoms with Crippen LogP contribution in [0.25, 0.3) is 0 Å². The van der Waals surface area contributed by atoms with Gasteiger partial charge in [-0.15, -0.1) is 0 Å². The number of amides is 1. The molecule has 2 nitrogen and oxygen atoms in total. The van der Waals surface area contributed by atoms with Crippen LogP contribution in [0.5, 0.6) is 0 Å². The molecule has 0 aromatic heterocycles. The van der Waals surface area contributed by atoms with Crippen LogP contribution in [0.15, 0.2) is 60.7 Å². The fourth-order valence-corrected chi connectivity index (χ4v) is 1.45. The first kappa shape index (κ1) is 9.46. The lowest BCUT2D eigenvalue weighted by Gasteiger charge is -2.16. The Kier molecular flexibility index (Phi) is 2.79. The molecule has 2 aromatic rings. The first-order valence-electron chi connectivity index (χ1n) is 4.76. The molecule has 0 radical (unpaired) electrons. The van der Waals surface area contributed by atoms with Crippen molar-refractivity contribution >= 4 is 17.8 Å². The van der Waals surface area contributed by atoms with Gasteiger partial charge < -0.3 is 0 Å². The van der Waals surface area contributed by atoms with Gasteiger partial charge in [-0.2, -0.15) is 0 Å². The lowest BCUT2D eigenvalue weighted by Crippen LogP contribution is -2.13. The second kappa shape index (κ2) is 4.42. The number of hydrogen-bond donors (Lipinski definition) is 0. The summed E-state index contributed by atoms with van der Waals surface area (Å²) in [5.74, 6) is 0. The Bertz CT molecular complexity index is 385. The summed E-state index contributed by atoms with van der Waals surface area (Å²) in [7, 11) is 0. The Labute approximate surface area is 88.8 Å². The normalized spacial score (nSPS) is 9.60. The van der Waals surface area contributed by atoms with Gasteiger partial charge in [-0.25, -0.2) is 0 Å². The first-order valence-corrected chi connectivity index (χ1v) is 4.76. The molecule has 0 saturated carbocycles. The van der Waals surface area contributed by atoms with E-state index in [1.165, 1.54) is 0 Å². The van der Waals surface area contributed by atoms with Crippen LogP contribution in [0, 0.1) is 0 Å². The minimum Gasteiger partial charge on any atom is -0.284 e. The highest BCUT2D eigenvalue weighted by atomic mass is 16.1. The van der Waals surface area contributed by atoms with Crippen LogP contribution >= 0.6 is 0 Å². The predicted molar refractivity (Wildman–Crippen MR) is 61.1 cm³/mol. The Morgan fingerprint density at radius 1 is 0.733 bits per heavy atom. The Hall–Kier alpha value is -2.09. The number of nitrogens with zero attached hydrogens (tertiary/aromatic N) is 1. The van der Waals surface area contributed by atoms with Crippen LogP contribution in [0.3, 0.4) is 0 Å². The molecule has 74 valence electrons. The van der Waals surface area contributed by atoms with E-state index in [0.29, 0.717) is 0 Å². The summed E-state index contributed by atoms with van der Waals surface area (Å²) in [5.41, 5.74) is 1.75. The molecule has 2 heteroatoms. The average molecular weight is 197 g/mol. The molecule has 2 rings (SSSR count). The second-order valence-electron chi connectivity index (χ2n) is 3.15. The summed E-state index contributed by atoms with van der Waals surface area (Å²) < 4.78 is 0. The maximum Gasteiger partial charge on any atom is 0.218 e. The minimum atomic E-state index is 0.824. The highest BCUT2D eigenvalue weighted by molar-refractivity contribution is 5.86. The molecule has 0 aliphatic rings. The topological polar surface area (TPSA) is 20.3 Å². The standard InChI is InChI=1S/C13H11NO/c15-11-14(12-7-3-1-4-8-12)13-9-5-2-6-10-13/h1-11H. The van der Waals surface area contributed by atoms with Gasteiger partial charge in [-0.3, -0.25) is 9.69 Å². The van der Waals surface area contributed by atoms with Gasteiger partial charge in [0.2, 0.25) is 6.41 Å². The molecule has 0 aliphatic carbocycles. The van der Waals surface area contributed by atoms with E-state index >= 15 is 0 Å². The van der Waals surface area contributed by atoms with Crippen molar-refractivity contribution in [2.75, 3.05) is 4.90 Å². The lowest BCUT2D eigenvalue weighted by molar-refractivity contribution is -0.106. The zero-order valence-corrected chi connectivity index (χ0v) is 8.21. The largest absolute Gasteiger partial charge is 0.284 e. The monoisotopic (exact) mass is 197 g/mol. The van der Waals surface area contributed by atoms with Crippen LogP contribution in [0.4, 0.5) is 11.4 Å². The van der Waals surface area contributed by atoms with Crippen molar-refractivity contribution in [3.8, 4) is 0 Å². The van der Waals surface area contributed by atoms with Gasteiger partial charge in [-0.1, -0.05) is 36.4 Å². The molecular weight excluding hydrogens is 186 g/mol. The number of para-hydroxylation sites is 2. The van der Waals surface area contributed by atoms with E-state index in [2.05, 4.69) is 0 Å². The van der Waals surface area contributed by atoms with E-state index in [1.807, 2.05) is 60.7 Å². The molecule has 0 saturated heterocycles. The summed E-state index contributed by atoms with van der Waals surface area (Å²) >= 11 is 0. The zero-order valence-electron chi connectivity index (χ0n) is 8.21. The van der Waals surface area contributed by atoms with Crippen LogP contribution in [0.2, 0.25) is 0 Å². The molecule has 0 heterocycles. The molecule has 0 fully saturated rings. The number of anilines is 2. The van der Waals surface area contributed by atoms with E-state index in [0.717, 1.165) is 17.8 Å². The first-order chi connectivity index (χ1) is 7.42. The van der Waals surface area contributed by atoms with E-state index in [1.54, 1.807) is 4.90 Å². The molecule has 0 unspecified atom stereocenters. The van der Waals surface area contributed by atoms with Crippen LogP contribution in [-0.2, 0) is 4.79 Å². The maximum absolute atomic E-state index is 11.0.